The van der Waals surface area contributed by atoms with Gasteiger partial charge in [-0.1, -0.05) is 40.2 Å². The summed E-state index contributed by atoms with van der Waals surface area (Å²) in [5, 5.41) is 22.5. The maximum Gasteiger partial charge on any atom is 0.266 e. The van der Waals surface area contributed by atoms with Gasteiger partial charge in [0.2, 0.25) is 5.91 Å². The van der Waals surface area contributed by atoms with Gasteiger partial charge in [0.25, 0.3) is 10.1 Å². The van der Waals surface area contributed by atoms with E-state index in [0.717, 1.165) is 63.4 Å². The summed E-state index contributed by atoms with van der Waals surface area (Å²) in [6.45, 7) is 9.61. The van der Waals surface area contributed by atoms with Gasteiger partial charge in [0.05, 0.1) is 18.0 Å². The molecule has 1 amide bonds. The van der Waals surface area contributed by atoms with Crippen LogP contribution >= 0.6 is 0 Å². The molecule has 11 unspecified atom stereocenters. The van der Waals surface area contributed by atoms with Crippen LogP contribution in [-0.2, 0) is 21.5 Å². The lowest BCUT2D eigenvalue weighted by Crippen LogP contribution is -2.62. The van der Waals surface area contributed by atoms with Crippen molar-refractivity contribution >= 4 is 16.0 Å². The number of carbonyl (C=O) groups is 1. The number of pyridine rings is 1. The molecule has 1 aromatic heterocycles. The number of hydrogen-bond donors (Lipinski definition) is 3. The molecule has 4 aliphatic rings. The van der Waals surface area contributed by atoms with Gasteiger partial charge in [-0.05, 0) is 115 Å². The molecule has 9 heteroatoms. The summed E-state index contributed by atoms with van der Waals surface area (Å²) in [6, 6.07) is 3.65. The van der Waals surface area contributed by atoms with Gasteiger partial charge in [-0.25, -0.2) is 0 Å². The largest absolute Gasteiger partial charge is 0.393 e. The minimum Gasteiger partial charge on any atom is -0.393 e. The van der Waals surface area contributed by atoms with Crippen LogP contribution in [0.15, 0.2) is 24.5 Å². The van der Waals surface area contributed by atoms with E-state index in [1.807, 2.05) is 6.07 Å². The highest BCUT2D eigenvalue weighted by Gasteiger charge is 2.64. The van der Waals surface area contributed by atoms with Crippen molar-refractivity contribution in [1.82, 2.24) is 9.88 Å². The van der Waals surface area contributed by atoms with Gasteiger partial charge >= 0.3 is 0 Å². The van der Waals surface area contributed by atoms with Crippen molar-refractivity contribution < 1.29 is 28.0 Å². The van der Waals surface area contributed by atoms with Crippen LogP contribution in [0, 0.1) is 52.3 Å². The molecular formula is C34H54N2O6S. The van der Waals surface area contributed by atoms with Crippen LogP contribution in [0.4, 0.5) is 0 Å². The predicted octanol–water partition coefficient (Wildman–Crippen LogP) is 5.34. The zero-order valence-electron chi connectivity index (χ0n) is 26.6. The van der Waals surface area contributed by atoms with E-state index >= 15 is 0 Å². The van der Waals surface area contributed by atoms with Crippen LogP contribution in [0.1, 0.15) is 97.5 Å². The van der Waals surface area contributed by atoms with E-state index in [1.165, 1.54) is 4.90 Å². The number of hydrogen-bond acceptors (Lipinski definition) is 6. The fraction of sp³-hybridized carbons (Fsp3) is 0.824. The predicted molar refractivity (Wildman–Crippen MR) is 166 cm³/mol. The molecule has 43 heavy (non-hydrogen) atoms. The molecule has 1 heterocycles. The number of amides is 1. The molecule has 5 rings (SSSR count). The lowest BCUT2D eigenvalue weighted by Gasteiger charge is -2.64. The van der Waals surface area contributed by atoms with E-state index < -0.39 is 15.9 Å². The topological polar surface area (TPSA) is 128 Å². The molecule has 0 bridgehead atoms. The van der Waals surface area contributed by atoms with E-state index in [1.54, 1.807) is 18.5 Å². The second kappa shape index (κ2) is 12.7. The number of aliphatic hydroxyl groups is 2. The fourth-order valence-corrected chi connectivity index (χ4v) is 11.3. The maximum absolute atomic E-state index is 13.4. The van der Waals surface area contributed by atoms with Crippen LogP contribution in [-0.4, -0.2) is 63.5 Å². The highest BCUT2D eigenvalue weighted by Crippen LogP contribution is 2.69. The van der Waals surface area contributed by atoms with Crippen molar-refractivity contribution in [2.75, 3.05) is 12.3 Å². The van der Waals surface area contributed by atoms with Crippen molar-refractivity contribution in [3.05, 3.63) is 30.1 Å². The zero-order valence-corrected chi connectivity index (χ0v) is 27.4. The Morgan fingerprint density at radius 2 is 1.81 bits per heavy atom. The van der Waals surface area contributed by atoms with Gasteiger partial charge in [-0.15, -0.1) is 0 Å². The Hall–Kier alpha value is -1.55. The lowest BCUT2D eigenvalue weighted by atomic mass is 9.41. The Balaban J connectivity index is 1.27. The molecule has 0 aromatic carbocycles. The molecule has 0 radical (unpaired) electrons. The van der Waals surface area contributed by atoms with Gasteiger partial charge in [0.1, 0.15) is 0 Å². The molecule has 1 aromatic rings. The first-order chi connectivity index (χ1) is 20.3. The first-order valence-electron chi connectivity index (χ1n) is 16.8. The van der Waals surface area contributed by atoms with E-state index in [-0.39, 0.29) is 48.0 Å². The van der Waals surface area contributed by atoms with Crippen molar-refractivity contribution in [2.24, 2.45) is 52.3 Å². The normalized spacial score (nSPS) is 39.8. The second-order valence-corrected chi connectivity index (χ2v) is 16.7. The van der Waals surface area contributed by atoms with Crippen molar-refractivity contribution in [1.29, 1.82) is 0 Å². The Kier molecular flexibility index (Phi) is 9.68. The Bertz CT molecular complexity index is 1230. The van der Waals surface area contributed by atoms with Crippen molar-refractivity contribution in [3.63, 3.8) is 0 Å². The molecule has 8 nitrogen and oxygen atoms in total. The molecule has 3 N–H and O–H groups in total. The van der Waals surface area contributed by atoms with Crippen LogP contribution in [0.25, 0.3) is 0 Å². The van der Waals surface area contributed by atoms with Crippen LogP contribution < -0.4 is 0 Å². The summed E-state index contributed by atoms with van der Waals surface area (Å²) in [5.74, 6) is 2.12. The average molecular weight is 619 g/mol. The number of aromatic nitrogens is 1. The number of fused-ring (bicyclic) bond motifs is 5. The van der Waals surface area contributed by atoms with E-state index in [4.69, 9.17) is 0 Å². The molecular weight excluding hydrogens is 564 g/mol. The summed E-state index contributed by atoms with van der Waals surface area (Å²) < 4.78 is 32.3. The smallest absolute Gasteiger partial charge is 0.266 e. The molecule has 0 aliphatic heterocycles. The quantitative estimate of drug-likeness (QED) is 0.302. The van der Waals surface area contributed by atoms with Crippen LogP contribution in [0.3, 0.4) is 0 Å². The Labute approximate surface area is 258 Å². The number of rotatable bonds is 10. The third-order valence-corrected chi connectivity index (χ3v) is 13.7. The van der Waals surface area contributed by atoms with Gasteiger partial charge in [0.15, 0.2) is 0 Å². The molecule has 4 fully saturated rings. The highest BCUT2D eigenvalue weighted by atomic mass is 32.2. The molecule has 242 valence electrons. The van der Waals surface area contributed by atoms with Gasteiger partial charge in [-0.2, -0.15) is 8.42 Å². The SMILES string of the molecule is CCC1C(O)C2C3CCC(C(C)CCC(=O)N(CCS(=O)(=O)O)Cc4cccnc4)C3(C)CCC2C2(C)CCC(O)CC12. The van der Waals surface area contributed by atoms with E-state index in [0.29, 0.717) is 41.9 Å². The Morgan fingerprint density at radius 3 is 2.49 bits per heavy atom. The first kappa shape index (κ1) is 32.8. The molecule has 0 saturated heterocycles. The van der Waals surface area contributed by atoms with Crippen molar-refractivity contribution in [3.8, 4) is 0 Å². The van der Waals surface area contributed by atoms with Gasteiger partial charge in [0, 0.05) is 31.9 Å². The maximum atomic E-state index is 13.4. The second-order valence-electron chi connectivity index (χ2n) is 15.1. The van der Waals surface area contributed by atoms with Crippen LogP contribution in [0.2, 0.25) is 0 Å². The van der Waals surface area contributed by atoms with Crippen LogP contribution in [0.5, 0.6) is 0 Å². The summed E-state index contributed by atoms with van der Waals surface area (Å²) in [4.78, 5) is 19.1. The highest BCUT2D eigenvalue weighted by molar-refractivity contribution is 7.85. The monoisotopic (exact) mass is 618 g/mol. The molecule has 11 atom stereocenters. The first-order valence-corrected chi connectivity index (χ1v) is 18.4. The van der Waals surface area contributed by atoms with Crippen molar-refractivity contribution in [2.45, 2.75) is 111 Å². The Morgan fingerprint density at radius 1 is 1.09 bits per heavy atom. The van der Waals surface area contributed by atoms with E-state index in [9.17, 15) is 28.0 Å². The summed E-state index contributed by atoms with van der Waals surface area (Å²) in [6.07, 6.45) is 12.1. The lowest BCUT2D eigenvalue weighted by molar-refractivity contribution is -0.203. The standard InChI is InChI=1S/C34H54N2O6S/c1-5-25-29-19-24(37)12-14-34(29,4)28-13-15-33(3)26(9-10-27(33)31(28)32(25)39)22(2)8-11-30(38)36(17-18-43(40,41)42)21-23-7-6-16-35-20-23/h6-7,16,20,22,24-29,31-32,37,39H,5,8-15,17-19,21H2,1-4H3,(H,40,41,42). The summed E-state index contributed by atoms with van der Waals surface area (Å²) in [7, 11) is -4.19. The molecule has 4 aliphatic carbocycles. The zero-order chi connectivity index (χ0) is 31.2. The molecule has 0 spiro atoms. The minimum absolute atomic E-state index is 0.0551. The third-order valence-electron chi connectivity index (χ3n) is 13.0. The van der Waals surface area contributed by atoms with E-state index in [2.05, 4.69) is 32.7 Å². The average Bonchev–Trinajstić information content (AvgIpc) is 3.32. The van der Waals surface area contributed by atoms with Gasteiger partial charge in [-0.3, -0.25) is 14.3 Å². The summed E-state index contributed by atoms with van der Waals surface area (Å²) in [5.41, 5.74) is 1.13. The van der Waals surface area contributed by atoms with Gasteiger partial charge < -0.3 is 15.1 Å². The minimum atomic E-state index is -4.19. The number of carbonyl (C=O) groups excluding carboxylic acids is 1. The third kappa shape index (κ3) is 6.43. The fourth-order valence-electron chi connectivity index (χ4n) is 10.9. The molecule has 4 saturated carbocycles. The number of aliphatic hydroxyl groups excluding tert-OH is 2. The summed E-state index contributed by atoms with van der Waals surface area (Å²) >= 11 is 0. The number of nitrogens with zero attached hydrogens (tertiary/aromatic N) is 2.